The molecule has 0 bridgehead atoms. The normalized spacial score (nSPS) is 12.1. The molecule has 0 atom stereocenters. The van der Waals surface area contributed by atoms with Crippen molar-refractivity contribution in [2.75, 3.05) is 0 Å². The summed E-state index contributed by atoms with van der Waals surface area (Å²) in [5, 5.41) is 9.96. The summed E-state index contributed by atoms with van der Waals surface area (Å²) in [5.41, 5.74) is 2.43. The lowest BCUT2D eigenvalue weighted by atomic mass is 9.85. The van der Waals surface area contributed by atoms with Gasteiger partial charge in [-0.1, -0.05) is 72.4 Å². The van der Waals surface area contributed by atoms with Gasteiger partial charge in [-0.2, -0.15) is 0 Å². The van der Waals surface area contributed by atoms with E-state index >= 15 is 0 Å². The highest BCUT2D eigenvalue weighted by molar-refractivity contribution is 5.40. The molecule has 0 amide bonds. The Balaban J connectivity index is 2.41. The topological polar surface area (TPSA) is 20.2 Å². The molecule has 0 aliphatic heterocycles. The van der Waals surface area contributed by atoms with Gasteiger partial charge in [0.1, 0.15) is 5.75 Å². The monoisotopic (exact) mass is 276 g/mol. The highest BCUT2D eigenvalue weighted by atomic mass is 16.3. The number of hydrogen-bond donors (Lipinski definition) is 1. The van der Waals surface area contributed by atoms with Gasteiger partial charge in [0.15, 0.2) is 0 Å². The molecule has 20 heavy (non-hydrogen) atoms. The van der Waals surface area contributed by atoms with E-state index in [9.17, 15) is 5.11 Å². The highest BCUT2D eigenvalue weighted by Gasteiger charge is 2.18. The molecule has 1 heteroatoms. The Labute approximate surface area is 125 Å². The largest absolute Gasteiger partial charge is 0.508 e. The van der Waals surface area contributed by atoms with Crippen LogP contribution in [0.4, 0.5) is 0 Å². The van der Waals surface area contributed by atoms with Crippen LogP contribution in [0.15, 0.2) is 18.2 Å². The van der Waals surface area contributed by atoms with E-state index in [1.807, 2.05) is 6.07 Å². The van der Waals surface area contributed by atoms with Gasteiger partial charge in [0.25, 0.3) is 0 Å². The number of aromatic hydroxyl groups is 1. The van der Waals surface area contributed by atoms with Gasteiger partial charge in [0.2, 0.25) is 0 Å². The van der Waals surface area contributed by atoms with Crippen molar-refractivity contribution in [3.05, 3.63) is 29.3 Å². The molecule has 0 radical (unpaired) electrons. The number of aryl methyl sites for hydroxylation is 1. The Morgan fingerprint density at radius 2 is 1.65 bits per heavy atom. The summed E-state index contributed by atoms with van der Waals surface area (Å²) in [6, 6.07) is 6.11. The van der Waals surface area contributed by atoms with Crippen molar-refractivity contribution < 1.29 is 5.11 Å². The molecule has 1 nitrogen and oxygen atoms in total. The fourth-order valence-electron chi connectivity index (χ4n) is 2.57. The maximum absolute atomic E-state index is 9.96. The Morgan fingerprint density at radius 3 is 2.25 bits per heavy atom. The number of rotatable bonds is 7. The third kappa shape index (κ3) is 5.98. The standard InChI is InChI=1S/C19H32O/c1-15(2)10-8-6-7-9-11-16-12-13-18(20)17(14-16)19(3,4)5/h12-15,20H,6-11H2,1-5H3. The third-order valence-electron chi connectivity index (χ3n) is 3.87. The van der Waals surface area contributed by atoms with Crippen molar-refractivity contribution in [2.45, 2.75) is 78.6 Å². The zero-order chi connectivity index (χ0) is 15.2. The molecule has 0 fully saturated rings. The number of phenols is 1. The van der Waals surface area contributed by atoms with Crippen molar-refractivity contribution in [3.8, 4) is 5.75 Å². The van der Waals surface area contributed by atoms with Crippen LogP contribution in [0.3, 0.4) is 0 Å². The minimum atomic E-state index is 0.0113. The van der Waals surface area contributed by atoms with Gasteiger partial charge in [-0.3, -0.25) is 0 Å². The van der Waals surface area contributed by atoms with E-state index in [4.69, 9.17) is 0 Å². The van der Waals surface area contributed by atoms with Crippen LogP contribution < -0.4 is 0 Å². The summed E-state index contributed by atoms with van der Waals surface area (Å²) in [7, 11) is 0. The minimum Gasteiger partial charge on any atom is -0.508 e. The molecule has 0 spiro atoms. The SMILES string of the molecule is CC(C)CCCCCCc1ccc(O)c(C(C)(C)C)c1. The van der Waals surface area contributed by atoms with E-state index in [0.29, 0.717) is 5.75 Å². The van der Waals surface area contributed by atoms with Crippen molar-refractivity contribution in [1.29, 1.82) is 0 Å². The van der Waals surface area contributed by atoms with Crippen molar-refractivity contribution in [1.82, 2.24) is 0 Å². The van der Waals surface area contributed by atoms with Gasteiger partial charge in [-0.05, 0) is 41.4 Å². The predicted octanol–water partition coefficient (Wildman–Crippen LogP) is 5.84. The van der Waals surface area contributed by atoms with E-state index in [1.165, 1.54) is 37.7 Å². The molecule has 0 heterocycles. The average Bonchev–Trinajstić information content (AvgIpc) is 2.33. The van der Waals surface area contributed by atoms with Gasteiger partial charge < -0.3 is 5.11 Å². The molecule has 0 aliphatic rings. The zero-order valence-electron chi connectivity index (χ0n) is 14.0. The molecule has 0 unspecified atom stereocenters. The van der Waals surface area contributed by atoms with E-state index in [2.05, 4.69) is 46.8 Å². The van der Waals surface area contributed by atoms with Gasteiger partial charge in [-0.25, -0.2) is 0 Å². The first-order chi connectivity index (χ1) is 9.30. The fourth-order valence-corrected chi connectivity index (χ4v) is 2.57. The summed E-state index contributed by atoms with van der Waals surface area (Å²) in [6.07, 6.45) is 7.77. The second-order valence-electron chi connectivity index (χ2n) is 7.45. The van der Waals surface area contributed by atoms with E-state index in [-0.39, 0.29) is 5.41 Å². The van der Waals surface area contributed by atoms with Crippen LogP contribution >= 0.6 is 0 Å². The van der Waals surface area contributed by atoms with Crippen LogP contribution in [-0.4, -0.2) is 5.11 Å². The van der Waals surface area contributed by atoms with Gasteiger partial charge >= 0.3 is 0 Å². The van der Waals surface area contributed by atoms with Crippen LogP contribution in [0, 0.1) is 5.92 Å². The molecule has 0 saturated carbocycles. The lowest BCUT2D eigenvalue weighted by Gasteiger charge is -2.21. The molecule has 0 aromatic heterocycles. The number of hydrogen-bond acceptors (Lipinski definition) is 1. The molecule has 1 N–H and O–H groups in total. The second kappa shape index (κ2) is 7.71. The molecular formula is C19H32O. The van der Waals surface area contributed by atoms with Crippen LogP contribution in [0.25, 0.3) is 0 Å². The molecule has 1 rings (SSSR count). The molecule has 1 aromatic carbocycles. The lowest BCUT2D eigenvalue weighted by Crippen LogP contribution is -2.11. The maximum atomic E-state index is 9.96. The maximum Gasteiger partial charge on any atom is 0.119 e. The minimum absolute atomic E-state index is 0.0113. The Hall–Kier alpha value is -0.980. The number of phenolic OH excluding ortho intramolecular Hbond substituents is 1. The van der Waals surface area contributed by atoms with E-state index in [0.717, 1.165) is 17.9 Å². The first-order valence-electron chi connectivity index (χ1n) is 8.13. The Bertz CT molecular complexity index is 399. The van der Waals surface area contributed by atoms with Crippen LogP contribution in [0.5, 0.6) is 5.75 Å². The third-order valence-corrected chi connectivity index (χ3v) is 3.87. The van der Waals surface area contributed by atoms with Crippen molar-refractivity contribution in [3.63, 3.8) is 0 Å². The second-order valence-corrected chi connectivity index (χ2v) is 7.45. The Morgan fingerprint density at radius 1 is 1.00 bits per heavy atom. The van der Waals surface area contributed by atoms with Gasteiger partial charge in [0, 0.05) is 0 Å². The summed E-state index contributed by atoms with van der Waals surface area (Å²) < 4.78 is 0. The van der Waals surface area contributed by atoms with Crippen molar-refractivity contribution >= 4 is 0 Å². The van der Waals surface area contributed by atoms with E-state index in [1.54, 1.807) is 0 Å². The van der Waals surface area contributed by atoms with E-state index < -0.39 is 0 Å². The molecule has 0 saturated heterocycles. The van der Waals surface area contributed by atoms with Crippen LogP contribution in [-0.2, 0) is 11.8 Å². The molecule has 114 valence electrons. The summed E-state index contributed by atoms with van der Waals surface area (Å²) in [5.74, 6) is 1.26. The quantitative estimate of drug-likeness (QED) is 0.620. The summed E-state index contributed by atoms with van der Waals surface area (Å²) >= 11 is 0. The summed E-state index contributed by atoms with van der Waals surface area (Å²) in [6.45, 7) is 11.0. The summed E-state index contributed by atoms with van der Waals surface area (Å²) in [4.78, 5) is 0. The smallest absolute Gasteiger partial charge is 0.119 e. The Kier molecular flexibility index (Phi) is 6.58. The molecule has 0 aliphatic carbocycles. The van der Waals surface area contributed by atoms with Crippen molar-refractivity contribution in [2.24, 2.45) is 5.92 Å². The zero-order valence-corrected chi connectivity index (χ0v) is 14.0. The highest BCUT2D eigenvalue weighted by Crippen LogP contribution is 2.31. The molecular weight excluding hydrogens is 244 g/mol. The lowest BCUT2D eigenvalue weighted by molar-refractivity contribution is 0.446. The number of benzene rings is 1. The van der Waals surface area contributed by atoms with Crippen LogP contribution in [0.2, 0.25) is 0 Å². The van der Waals surface area contributed by atoms with Gasteiger partial charge in [0.05, 0.1) is 0 Å². The predicted molar refractivity (Wildman–Crippen MR) is 88.4 cm³/mol. The fraction of sp³-hybridized carbons (Fsp3) is 0.684. The number of unbranched alkanes of at least 4 members (excludes halogenated alkanes) is 3. The van der Waals surface area contributed by atoms with Gasteiger partial charge in [-0.15, -0.1) is 0 Å². The average molecular weight is 276 g/mol. The molecule has 1 aromatic rings. The van der Waals surface area contributed by atoms with Crippen LogP contribution in [0.1, 0.15) is 77.8 Å². The first-order valence-corrected chi connectivity index (χ1v) is 8.13. The first kappa shape index (κ1) is 17.1.